The van der Waals surface area contributed by atoms with Gasteiger partial charge in [0.25, 0.3) is 0 Å². The maximum absolute atomic E-state index is 12.3. The lowest BCUT2D eigenvalue weighted by Gasteiger charge is -2.31. The summed E-state index contributed by atoms with van der Waals surface area (Å²) in [6.45, 7) is 6.66. The van der Waals surface area contributed by atoms with E-state index in [9.17, 15) is 4.79 Å². The van der Waals surface area contributed by atoms with E-state index in [0.29, 0.717) is 19.4 Å². The number of carbonyl (C=O) groups excluding carboxylic acids is 1. The van der Waals surface area contributed by atoms with E-state index in [1.54, 1.807) is 0 Å². The van der Waals surface area contributed by atoms with Gasteiger partial charge in [-0.15, -0.1) is 0 Å². The maximum Gasteiger partial charge on any atom is 0.164 e. The minimum Gasteiger partial charge on any atom is -0.367 e. The molecule has 0 aliphatic heterocycles. The van der Waals surface area contributed by atoms with Crippen LogP contribution in [-0.2, 0) is 16.0 Å². The van der Waals surface area contributed by atoms with E-state index in [2.05, 4.69) is 19.1 Å². The van der Waals surface area contributed by atoms with Gasteiger partial charge in [0.1, 0.15) is 5.60 Å². The number of ketones is 1. The molecule has 0 heterocycles. The molecule has 0 N–H and O–H groups in total. The van der Waals surface area contributed by atoms with Crippen molar-refractivity contribution in [3.63, 3.8) is 0 Å². The molecule has 0 spiro atoms. The molecule has 1 aromatic rings. The van der Waals surface area contributed by atoms with Crippen LogP contribution in [0.15, 0.2) is 30.3 Å². The van der Waals surface area contributed by atoms with E-state index in [1.165, 1.54) is 0 Å². The van der Waals surface area contributed by atoms with Crippen molar-refractivity contribution in [2.45, 2.75) is 52.1 Å². The molecule has 18 heavy (non-hydrogen) atoms. The molecule has 0 aliphatic carbocycles. The lowest BCUT2D eigenvalue weighted by molar-refractivity contribution is -0.145. The van der Waals surface area contributed by atoms with Gasteiger partial charge in [0.15, 0.2) is 5.78 Å². The molecule has 100 valence electrons. The van der Waals surface area contributed by atoms with Crippen LogP contribution in [0.4, 0.5) is 0 Å². The van der Waals surface area contributed by atoms with Crippen LogP contribution in [0.25, 0.3) is 0 Å². The van der Waals surface area contributed by atoms with E-state index in [0.717, 1.165) is 18.4 Å². The summed E-state index contributed by atoms with van der Waals surface area (Å²) >= 11 is 0. The molecule has 0 radical (unpaired) electrons. The molecule has 0 fully saturated rings. The summed E-state index contributed by atoms with van der Waals surface area (Å²) in [5.41, 5.74) is 0.531. The lowest BCUT2D eigenvalue weighted by Crippen LogP contribution is -2.43. The predicted octanol–water partition coefficient (Wildman–Crippen LogP) is 3.78. The first-order valence-corrected chi connectivity index (χ1v) is 6.89. The molecular weight excluding hydrogens is 224 g/mol. The highest BCUT2D eigenvalue weighted by molar-refractivity contribution is 5.87. The average Bonchev–Trinajstić information content (AvgIpc) is 2.43. The Morgan fingerprint density at radius 2 is 1.83 bits per heavy atom. The Labute approximate surface area is 110 Å². The fraction of sp³-hybridized carbons (Fsp3) is 0.562. The molecule has 0 saturated heterocycles. The quantitative estimate of drug-likeness (QED) is 0.699. The first-order valence-electron chi connectivity index (χ1n) is 6.89. The highest BCUT2D eigenvalue weighted by Gasteiger charge is 2.36. The standard InChI is InChI=1S/C16H24O2/c1-4-12-18-16(6-3,15(17)5-2)13-14-10-8-7-9-11-14/h7-11H,4-6,12-13H2,1-3H3. The van der Waals surface area contributed by atoms with Gasteiger partial charge in [0.05, 0.1) is 0 Å². The largest absolute Gasteiger partial charge is 0.367 e. The highest BCUT2D eigenvalue weighted by atomic mass is 16.5. The van der Waals surface area contributed by atoms with Gasteiger partial charge in [-0.05, 0) is 18.4 Å². The fourth-order valence-electron chi connectivity index (χ4n) is 2.20. The molecule has 2 nitrogen and oxygen atoms in total. The first kappa shape index (κ1) is 14.9. The van der Waals surface area contributed by atoms with Gasteiger partial charge in [0.2, 0.25) is 0 Å². The normalized spacial score (nSPS) is 14.2. The van der Waals surface area contributed by atoms with E-state index in [-0.39, 0.29) is 5.78 Å². The van der Waals surface area contributed by atoms with Crippen LogP contribution in [0, 0.1) is 0 Å². The number of hydrogen-bond donors (Lipinski definition) is 0. The molecule has 1 rings (SSSR count). The number of carbonyl (C=O) groups is 1. The zero-order valence-electron chi connectivity index (χ0n) is 11.7. The number of benzene rings is 1. The molecule has 0 bridgehead atoms. The smallest absolute Gasteiger partial charge is 0.164 e. The summed E-state index contributed by atoms with van der Waals surface area (Å²) in [5.74, 6) is 0.210. The van der Waals surface area contributed by atoms with Gasteiger partial charge in [-0.3, -0.25) is 4.79 Å². The third-order valence-electron chi connectivity index (χ3n) is 3.32. The number of Topliss-reactive ketones (excluding diaryl/α,β-unsaturated/α-hetero) is 1. The van der Waals surface area contributed by atoms with E-state index < -0.39 is 5.60 Å². The first-order chi connectivity index (χ1) is 8.68. The highest BCUT2D eigenvalue weighted by Crippen LogP contribution is 2.25. The molecule has 0 amide bonds. The van der Waals surface area contributed by atoms with Crippen molar-refractivity contribution < 1.29 is 9.53 Å². The minimum atomic E-state index is -0.633. The van der Waals surface area contributed by atoms with Crippen LogP contribution in [0.2, 0.25) is 0 Å². The summed E-state index contributed by atoms with van der Waals surface area (Å²) in [5, 5.41) is 0. The molecule has 1 unspecified atom stereocenters. The summed E-state index contributed by atoms with van der Waals surface area (Å²) in [4.78, 5) is 12.3. The zero-order valence-corrected chi connectivity index (χ0v) is 11.7. The lowest BCUT2D eigenvalue weighted by atomic mass is 9.86. The molecule has 0 saturated carbocycles. The Morgan fingerprint density at radius 3 is 2.33 bits per heavy atom. The van der Waals surface area contributed by atoms with Crippen LogP contribution in [0.1, 0.15) is 45.6 Å². The Kier molecular flexibility index (Phi) is 6.06. The van der Waals surface area contributed by atoms with Crippen molar-refractivity contribution in [1.82, 2.24) is 0 Å². The van der Waals surface area contributed by atoms with Crippen molar-refractivity contribution in [3.8, 4) is 0 Å². The summed E-state index contributed by atoms with van der Waals surface area (Å²) < 4.78 is 5.94. The van der Waals surface area contributed by atoms with Crippen LogP contribution in [0.3, 0.4) is 0 Å². The Hall–Kier alpha value is -1.15. The van der Waals surface area contributed by atoms with Gasteiger partial charge in [-0.1, -0.05) is 51.1 Å². The van der Waals surface area contributed by atoms with E-state index in [1.807, 2.05) is 32.0 Å². The van der Waals surface area contributed by atoms with Crippen molar-refractivity contribution in [2.75, 3.05) is 6.61 Å². The maximum atomic E-state index is 12.3. The topological polar surface area (TPSA) is 26.3 Å². The Bertz CT molecular complexity index is 359. The SMILES string of the molecule is CCCOC(CC)(Cc1ccccc1)C(=O)CC. The van der Waals surface area contributed by atoms with Crippen LogP contribution in [-0.4, -0.2) is 18.0 Å². The number of ether oxygens (including phenoxy) is 1. The van der Waals surface area contributed by atoms with Crippen LogP contribution < -0.4 is 0 Å². The number of rotatable bonds is 8. The summed E-state index contributed by atoms with van der Waals surface area (Å²) in [6, 6.07) is 10.1. The van der Waals surface area contributed by atoms with Gasteiger partial charge in [-0.2, -0.15) is 0 Å². The third-order valence-corrected chi connectivity index (χ3v) is 3.32. The van der Waals surface area contributed by atoms with E-state index in [4.69, 9.17) is 4.74 Å². The van der Waals surface area contributed by atoms with Gasteiger partial charge in [-0.25, -0.2) is 0 Å². The molecule has 1 atom stereocenters. The average molecular weight is 248 g/mol. The second-order valence-electron chi connectivity index (χ2n) is 4.64. The Morgan fingerprint density at radius 1 is 1.17 bits per heavy atom. The summed E-state index contributed by atoms with van der Waals surface area (Å²) in [7, 11) is 0. The minimum absolute atomic E-state index is 0.210. The van der Waals surface area contributed by atoms with Crippen molar-refractivity contribution in [1.29, 1.82) is 0 Å². The second kappa shape index (κ2) is 7.32. The molecular formula is C16H24O2. The van der Waals surface area contributed by atoms with Gasteiger partial charge >= 0.3 is 0 Å². The van der Waals surface area contributed by atoms with Crippen molar-refractivity contribution >= 4 is 5.78 Å². The number of hydrogen-bond acceptors (Lipinski definition) is 2. The van der Waals surface area contributed by atoms with Crippen LogP contribution in [0.5, 0.6) is 0 Å². The third kappa shape index (κ3) is 3.67. The molecule has 1 aromatic carbocycles. The van der Waals surface area contributed by atoms with E-state index >= 15 is 0 Å². The zero-order chi connectivity index (χ0) is 13.4. The monoisotopic (exact) mass is 248 g/mol. The Balaban J connectivity index is 2.91. The van der Waals surface area contributed by atoms with Crippen LogP contribution >= 0.6 is 0 Å². The predicted molar refractivity (Wildman–Crippen MR) is 74.7 cm³/mol. The molecule has 2 heteroatoms. The second-order valence-corrected chi connectivity index (χ2v) is 4.64. The van der Waals surface area contributed by atoms with Crippen molar-refractivity contribution in [3.05, 3.63) is 35.9 Å². The molecule has 0 aliphatic rings. The molecule has 0 aromatic heterocycles. The van der Waals surface area contributed by atoms with Crippen molar-refractivity contribution in [2.24, 2.45) is 0 Å². The fourth-order valence-corrected chi connectivity index (χ4v) is 2.20. The van der Waals surface area contributed by atoms with Gasteiger partial charge in [0, 0.05) is 19.4 Å². The van der Waals surface area contributed by atoms with Gasteiger partial charge < -0.3 is 4.74 Å². The summed E-state index contributed by atoms with van der Waals surface area (Å²) in [6.07, 6.45) is 2.88.